The molecule has 4 aliphatic carbocycles. The number of carbonyl (C=O) groups is 3. The van der Waals surface area contributed by atoms with Crippen molar-refractivity contribution in [3.63, 3.8) is 0 Å². The molecule has 3 atom stereocenters. The van der Waals surface area contributed by atoms with Crippen LogP contribution in [0.4, 0.5) is 0 Å². The summed E-state index contributed by atoms with van der Waals surface area (Å²) in [6.07, 6.45) is 15.4. The van der Waals surface area contributed by atoms with Crippen molar-refractivity contribution >= 4 is 17.7 Å². The Labute approximate surface area is 220 Å². The fraction of sp³-hybridized carbons (Fsp3) is 0.710. The molecule has 2 heterocycles. The number of nitrogens with one attached hydrogen (secondary N) is 1. The molecule has 0 bridgehead atoms. The van der Waals surface area contributed by atoms with Crippen molar-refractivity contribution in [1.82, 2.24) is 15.1 Å². The van der Waals surface area contributed by atoms with Crippen LogP contribution in [-0.2, 0) is 22.6 Å². The number of unbranched alkanes of at least 4 members (excludes halogenated alkanes) is 5. The number of hydrogen-bond acceptors (Lipinski definition) is 4. The maximum atomic E-state index is 13.0. The van der Waals surface area contributed by atoms with Gasteiger partial charge in [0, 0.05) is 24.1 Å². The zero-order valence-corrected chi connectivity index (χ0v) is 22.3. The third-order valence-corrected chi connectivity index (χ3v) is 11.7. The first-order chi connectivity index (χ1) is 18.0. The van der Waals surface area contributed by atoms with E-state index in [9.17, 15) is 14.4 Å². The van der Waals surface area contributed by atoms with Crippen LogP contribution in [0, 0.1) is 23.2 Å². The Kier molecular flexibility index (Phi) is 5.58. The molecule has 37 heavy (non-hydrogen) atoms. The Morgan fingerprint density at radius 1 is 0.973 bits per heavy atom. The SMILES string of the molecule is CN(CCCCCCCCc1cccc2c1CN(C1CCC(=O)NC1=O)C2=O)C12CC3CC4CC(C1)C432. The van der Waals surface area contributed by atoms with Crippen LogP contribution >= 0.6 is 0 Å². The molecule has 6 nitrogen and oxygen atoms in total. The summed E-state index contributed by atoms with van der Waals surface area (Å²) in [6.45, 7) is 1.76. The Bertz CT molecular complexity index is 1120. The van der Waals surface area contributed by atoms with Gasteiger partial charge in [-0.15, -0.1) is 0 Å². The van der Waals surface area contributed by atoms with Crippen molar-refractivity contribution in [2.24, 2.45) is 23.2 Å². The molecule has 1 N–H and O–H groups in total. The first-order valence-electron chi connectivity index (χ1n) is 14.9. The minimum atomic E-state index is -0.538. The summed E-state index contributed by atoms with van der Waals surface area (Å²) >= 11 is 0. The molecular weight excluding hydrogens is 462 g/mol. The van der Waals surface area contributed by atoms with Crippen LogP contribution in [0.5, 0.6) is 0 Å². The minimum Gasteiger partial charge on any atom is -0.322 e. The molecule has 6 heteroatoms. The van der Waals surface area contributed by atoms with Gasteiger partial charge in [-0.25, -0.2) is 0 Å². The van der Waals surface area contributed by atoms with Gasteiger partial charge < -0.3 is 9.80 Å². The second-order valence-corrected chi connectivity index (χ2v) is 13.1. The number of nitrogens with zero attached hydrogens (tertiary/aromatic N) is 2. The molecule has 6 aliphatic rings. The summed E-state index contributed by atoms with van der Waals surface area (Å²) in [5, 5.41) is 2.39. The lowest BCUT2D eigenvalue weighted by atomic mass is 9.15. The van der Waals surface area contributed by atoms with Crippen molar-refractivity contribution in [2.45, 2.75) is 102 Å². The lowest BCUT2D eigenvalue weighted by molar-refractivity contribution is -0.423. The van der Waals surface area contributed by atoms with Crippen LogP contribution in [-0.4, -0.2) is 52.7 Å². The predicted molar refractivity (Wildman–Crippen MR) is 141 cm³/mol. The van der Waals surface area contributed by atoms with E-state index in [1.165, 1.54) is 57.1 Å². The number of aryl methyl sites for hydroxylation is 1. The number of piperidine rings is 1. The summed E-state index contributed by atoms with van der Waals surface area (Å²) in [7, 11) is 2.42. The Morgan fingerprint density at radius 3 is 2.41 bits per heavy atom. The largest absolute Gasteiger partial charge is 0.322 e. The lowest BCUT2D eigenvalue weighted by Crippen LogP contribution is -2.92. The van der Waals surface area contributed by atoms with Gasteiger partial charge >= 0.3 is 0 Å². The number of carbonyl (C=O) groups excluding carboxylic acids is 3. The quantitative estimate of drug-likeness (QED) is 0.358. The lowest BCUT2D eigenvalue weighted by Gasteiger charge is -2.92. The number of fused-ring (bicyclic) bond motifs is 1. The monoisotopic (exact) mass is 503 g/mol. The van der Waals surface area contributed by atoms with Crippen LogP contribution in [0.1, 0.15) is 98.5 Å². The molecule has 1 aromatic carbocycles. The molecule has 3 amide bonds. The average molecular weight is 504 g/mol. The van der Waals surface area contributed by atoms with Crippen molar-refractivity contribution in [3.8, 4) is 0 Å². The highest BCUT2D eigenvalue weighted by Gasteiger charge is 2.88. The van der Waals surface area contributed by atoms with Gasteiger partial charge in [0.2, 0.25) is 11.8 Å². The van der Waals surface area contributed by atoms with E-state index in [-0.39, 0.29) is 17.7 Å². The van der Waals surface area contributed by atoms with Gasteiger partial charge in [-0.05, 0) is 105 Å². The van der Waals surface area contributed by atoms with Crippen LogP contribution in [0.15, 0.2) is 18.2 Å². The molecule has 3 unspecified atom stereocenters. The van der Waals surface area contributed by atoms with E-state index in [1.807, 2.05) is 12.1 Å². The van der Waals surface area contributed by atoms with Gasteiger partial charge in [-0.1, -0.05) is 37.8 Å². The second kappa shape index (κ2) is 8.65. The Balaban J connectivity index is 0.830. The predicted octanol–water partition coefficient (Wildman–Crippen LogP) is 4.45. The van der Waals surface area contributed by atoms with Crippen LogP contribution < -0.4 is 5.32 Å². The summed E-state index contributed by atoms with van der Waals surface area (Å²) < 4.78 is 0. The van der Waals surface area contributed by atoms with E-state index in [0.717, 1.165) is 47.1 Å². The van der Waals surface area contributed by atoms with Gasteiger partial charge in [-0.3, -0.25) is 19.7 Å². The topological polar surface area (TPSA) is 69.7 Å². The number of imide groups is 1. The molecular formula is C31H41N3O3. The number of benzene rings is 1. The molecule has 7 rings (SSSR count). The standard InChI is InChI=1S/C31H41N3O3/c1-33(30-17-22-15-21-16-23(18-30)31(21,22)30)14-7-5-3-2-4-6-9-20-10-8-11-24-25(20)19-34(29(24)37)26-12-13-27(35)32-28(26)36/h8,10-11,21-23,26H,2-7,9,12-19H2,1H3,(H,32,35,36). The second-order valence-electron chi connectivity index (χ2n) is 13.1. The summed E-state index contributed by atoms with van der Waals surface area (Å²) in [6, 6.07) is 5.45. The average Bonchev–Trinajstić information content (AvgIpc) is 3.16. The molecule has 0 radical (unpaired) electrons. The first kappa shape index (κ1) is 23.9. The number of rotatable bonds is 11. The zero-order valence-electron chi connectivity index (χ0n) is 22.3. The fourth-order valence-corrected chi connectivity index (χ4v) is 9.99. The highest BCUT2D eigenvalue weighted by Crippen LogP contribution is 2.90. The van der Waals surface area contributed by atoms with Crippen LogP contribution in [0.3, 0.4) is 0 Å². The minimum absolute atomic E-state index is 0.0737. The molecule has 4 saturated carbocycles. The molecule has 2 aliphatic heterocycles. The van der Waals surface area contributed by atoms with Crippen molar-refractivity contribution < 1.29 is 14.4 Å². The normalized spacial score (nSPS) is 36.6. The fourth-order valence-electron chi connectivity index (χ4n) is 9.99. The smallest absolute Gasteiger partial charge is 0.255 e. The van der Waals surface area contributed by atoms with Crippen molar-refractivity contribution in [1.29, 1.82) is 0 Å². The first-order valence-corrected chi connectivity index (χ1v) is 14.9. The van der Waals surface area contributed by atoms with Crippen molar-refractivity contribution in [2.75, 3.05) is 13.6 Å². The van der Waals surface area contributed by atoms with Gasteiger partial charge in [0.1, 0.15) is 6.04 Å². The van der Waals surface area contributed by atoms with E-state index in [0.29, 0.717) is 24.9 Å². The highest BCUT2D eigenvalue weighted by atomic mass is 16.2. The van der Waals surface area contributed by atoms with E-state index in [2.05, 4.69) is 23.3 Å². The third-order valence-electron chi connectivity index (χ3n) is 11.7. The van der Waals surface area contributed by atoms with Gasteiger partial charge in [0.15, 0.2) is 0 Å². The highest BCUT2D eigenvalue weighted by molar-refractivity contribution is 6.05. The van der Waals surface area contributed by atoms with E-state index in [1.54, 1.807) is 17.7 Å². The van der Waals surface area contributed by atoms with Gasteiger partial charge in [-0.2, -0.15) is 0 Å². The summed E-state index contributed by atoms with van der Waals surface area (Å²) in [5.74, 6) is 2.63. The van der Waals surface area contributed by atoms with E-state index < -0.39 is 6.04 Å². The zero-order chi connectivity index (χ0) is 25.4. The van der Waals surface area contributed by atoms with Gasteiger partial charge in [0.25, 0.3) is 5.91 Å². The molecule has 198 valence electrons. The van der Waals surface area contributed by atoms with Crippen LogP contribution in [0.2, 0.25) is 0 Å². The Hall–Kier alpha value is -2.21. The molecule has 1 aromatic rings. The van der Waals surface area contributed by atoms with E-state index >= 15 is 0 Å². The van der Waals surface area contributed by atoms with Gasteiger partial charge in [0.05, 0.1) is 0 Å². The van der Waals surface area contributed by atoms with E-state index in [4.69, 9.17) is 0 Å². The molecule has 1 saturated heterocycles. The number of amides is 3. The maximum Gasteiger partial charge on any atom is 0.255 e. The van der Waals surface area contributed by atoms with Crippen LogP contribution in [0.25, 0.3) is 0 Å². The molecule has 5 fully saturated rings. The van der Waals surface area contributed by atoms with Crippen molar-refractivity contribution in [3.05, 3.63) is 34.9 Å². The summed E-state index contributed by atoms with van der Waals surface area (Å²) in [4.78, 5) is 41.3. The summed E-state index contributed by atoms with van der Waals surface area (Å²) in [5.41, 5.74) is 4.48. The Morgan fingerprint density at radius 2 is 1.70 bits per heavy atom. The maximum absolute atomic E-state index is 13.0. The molecule has 0 aromatic heterocycles. The number of hydrogen-bond donors (Lipinski definition) is 1. The molecule has 1 spiro atoms. The third kappa shape index (κ3) is 3.23.